The van der Waals surface area contributed by atoms with Gasteiger partial charge in [-0.1, -0.05) is 23.9 Å². The molecule has 88 valence electrons. The molecule has 0 radical (unpaired) electrons. The topological polar surface area (TPSA) is 58.6 Å². The molecular weight excluding hydrogens is 241 g/mol. The first-order valence-corrected chi connectivity index (χ1v) is 5.94. The molecule has 1 N–H and O–H groups in total. The third-order valence-electron chi connectivity index (χ3n) is 2.13. The first-order chi connectivity index (χ1) is 8.15. The summed E-state index contributed by atoms with van der Waals surface area (Å²) in [6.45, 7) is 1.60. The van der Waals surface area contributed by atoms with Crippen molar-refractivity contribution in [3.8, 4) is 0 Å². The quantitative estimate of drug-likeness (QED) is 0.846. The van der Waals surface area contributed by atoms with Crippen LogP contribution in [-0.2, 0) is 5.75 Å². The van der Waals surface area contributed by atoms with E-state index in [0.29, 0.717) is 16.6 Å². The molecule has 0 fully saturated rings. The molecule has 0 bridgehead atoms. The van der Waals surface area contributed by atoms with Crippen molar-refractivity contribution in [2.24, 2.45) is 0 Å². The van der Waals surface area contributed by atoms with Gasteiger partial charge in [0.1, 0.15) is 11.5 Å². The Morgan fingerprint density at radius 3 is 2.65 bits per heavy atom. The lowest BCUT2D eigenvalue weighted by Gasteiger charge is -2.00. The van der Waals surface area contributed by atoms with Gasteiger partial charge < -0.3 is 0 Å². The molecule has 0 atom stereocenters. The van der Waals surface area contributed by atoms with E-state index in [-0.39, 0.29) is 11.4 Å². The zero-order valence-electron chi connectivity index (χ0n) is 9.11. The molecule has 1 heterocycles. The number of H-pyrrole nitrogens is 1. The summed E-state index contributed by atoms with van der Waals surface area (Å²) in [5.41, 5.74) is 1.07. The largest absolute Gasteiger partial charge is 0.298 e. The standard InChI is InChI=1S/C11H10FN3OS/c1-7-10(16)13-11(15-14-7)17-6-8-2-4-9(12)5-3-8/h2-5H,6H2,1H3,(H,13,15,16). The molecule has 2 rings (SSSR count). The molecule has 0 amide bonds. The number of hydrogen-bond acceptors (Lipinski definition) is 4. The maximum atomic E-state index is 12.7. The average Bonchev–Trinajstić information content (AvgIpc) is 2.33. The van der Waals surface area contributed by atoms with Gasteiger partial charge in [0, 0.05) is 5.75 Å². The molecule has 17 heavy (non-hydrogen) atoms. The monoisotopic (exact) mass is 251 g/mol. The number of benzene rings is 1. The highest BCUT2D eigenvalue weighted by molar-refractivity contribution is 7.98. The first kappa shape index (κ1) is 11.8. The van der Waals surface area contributed by atoms with Crippen molar-refractivity contribution < 1.29 is 4.39 Å². The summed E-state index contributed by atoms with van der Waals surface area (Å²) in [5.74, 6) is 0.343. The lowest BCUT2D eigenvalue weighted by Crippen LogP contribution is -2.14. The molecule has 0 saturated heterocycles. The Bertz CT molecular complexity index is 568. The van der Waals surface area contributed by atoms with Gasteiger partial charge in [-0.05, 0) is 24.6 Å². The van der Waals surface area contributed by atoms with Gasteiger partial charge in [0.2, 0.25) is 0 Å². The van der Waals surface area contributed by atoms with Crippen LogP contribution in [0.4, 0.5) is 4.39 Å². The maximum absolute atomic E-state index is 12.7. The number of rotatable bonds is 3. The highest BCUT2D eigenvalue weighted by Gasteiger charge is 2.02. The number of aromatic amines is 1. The maximum Gasteiger partial charge on any atom is 0.273 e. The van der Waals surface area contributed by atoms with Crippen molar-refractivity contribution in [1.82, 2.24) is 15.2 Å². The summed E-state index contributed by atoms with van der Waals surface area (Å²) in [7, 11) is 0. The molecule has 0 aliphatic carbocycles. The second kappa shape index (κ2) is 5.09. The number of thioether (sulfide) groups is 1. The van der Waals surface area contributed by atoms with Gasteiger partial charge in [0.25, 0.3) is 5.56 Å². The molecule has 0 unspecified atom stereocenters. The van der Waals surface area contributed by atoms with Crippen molar-refractivity contribution in [2.45, 2.75) is 17.8 Å². The van der Waals surface area contributed by atoms with Crippen LogP contribution in [0.2, 0.25) is 0 Å². The fourth-order valence-corrected chi connectivity index (χ4v) is 1.93. The Labute approximate surface area is 101 Å². The van der Waals surface area contributed by atoms with Crippen LogP contribution in [-0.4, -0.2) is 15.2 Å². The summed E-state index contributed by atoms with van der Waals surface area (Å²) < 4.78 is 12.7. The lowest BCUT2D eigenvalue weighted by molar-refractivity contribution is 0.627. The van der Waals surface area contributed by atoms with Gasteiger partial charge in [0.05, 0.1) is 0 Å². The predicted octanol–water partition coefficient (Wildman–Crippen LogP) is 1.90. The van der Waals surface area contributed by atoms with E-state index in [1.165, 1.54) is 23.9 Å². The summed E-state index contributed by atoms with van der Waals surface area (Å²) in [4.78, 5) is 13.9. The summed E-state index contributed by atoms with van der Waals surface area (Å²) in [6.07, 6.45) is 0. The van der Waals surface area contributed by atoms with E-state index in [2.05, 4.69) is 15.2 Å². The molecule has 2 aromatic rings. The van der Waals surface area contributed by atoms with Crippen molar-refractivity contribution in [3.63, 3.8) is 0 Å². The van der Waals surface area contributed by atoms with Crippen LogP contribution in [0.3, 0.4) is 0 Å². The van der Waals surface area contributed by atoms with Gasteiger partial charge in [0.15, 0.2) is 5.16 Å². The molecule has 1 aromatic carbocycles. The third kappa shape index (κ3) is 3.13. The fraction of sp³-hybridized carbons (Fsp3) is 0.182. The van der Waals surface area contributed by atoms with E-state index in [1.807, 2.05) is 0 Å². The Kier molecular flexibility index (Phi) is 3.53. The Hall–Kier alpha value is -1.69. The highest BCUT2D eigenvalue weighted by atomic mass is 32.2. The number of halogens is 1. The molecule has 0 aliphatic rings. The summed E-state index contributed by atoms with van der Waals surface area (Å²) >= 11 is 1.35. The number of nitrogens with one attached hydrogen (secondary N) is 1. The van der Waals surface area contributed by atoms with Crippen LogP contribution < -0.4 is 5.56 Å². The molecule has 4 nitrogen and oxygen atoms in total. The molecule has 6 heteroatoms. The summed E-state index contributed by atoms with van der Waals surface area (Å²) in [5, 5.41) is 8.05. The van der Waals surface area contributed by atoms with Crippen molar-refractivity contribution in [1.29, 1.82) is 0 Å². The molecular formula is C11H10FN3OS. The van der Waals surface area contributed by atoms with Crippen molar-refractivity contribution in [2.75, 3.05) is 0 Å². The lowest BCUT2D eigenvalue weighted by atomic mass is 10.2. The number of aromatic nitrogens is 3. The minimum atomic E-state index is -0.262. The number of hydrogen-bond donors (Lipinski definition) is 1. The number of nitrogens with zero attached hydrogens (tertiary/aromatic N) is 2. The second-order valence-corrected chi connectivity index (χ2v) is 4.42. The van der Waals surface area contributed by atoms with E-state index in [1.54, 1.807) is 19.1 Å². The van der Waals surface area contributed by atoms with E-state index in [0.717, 1.165) is 5.56 Å². The van der Waals surface area contributed by atoms with Gasteiger partial charge in [-0.3, -0.25) is 9.78 Å². The predicted molar refractivity (Wildman–Crippen MR) is 63.4 cm³/mol. The van der Waals surface area contributed by atoms with Crippen LogP contribution in [0, 0.1) is 12.7 Å². The van der Waals surface area contributed by atoms with Gasteiger partial charge >= 0.3 is 0 Å². The normalized spacial score (nSPS) is 10.5. The Balaban J connectivity index is 2.04. The van der Waals surface area contributed by atoms with E-state index in [4.69, 9.17) is 0 Å². The van der Waals surface area contributed by atoms with Crippen LogP contribution >= 0.6 is 11.8 Å². The van der Waals surface area contributed by atoms with E-state index in [9.17, 15) is 9.18 Å². The van der Waals surface area contributed by atoms with Crippen molar-refractivity contribution >= 4 is 11.8 Å². The summed E-state index contributed by atoms with van der Waals surface area (Å²) in [6, 6.07) is 6.20. The molecule has 0 spiro atoms. The van der Waals surface area contributed by atoms with Crippen LogP contribution in [0.15, 0.2) is 34.2 Å². The first-order valence-electron chi connectivity index (χ1n) is 4.96. The van der Waals surface area contributed by atoms with Crippen molar-refractivity contribution in [3.05, 3.63) is 51.7 Å². The fourth-order valence-electron chi connectivity index (χ4n) is 1.18. The molecule has 0 aliphatic heterocycles. The minimum Gasteiger partial charge on any atom is -0.298 e. The average molecular weight is 251 g/mol. The zero-order valence-corrected chi connectivity index (χ0v) is 9.92. The molecule has 1 aromatic heterocycles. The zero-order chi connectivity index (χ0) is 12.3. The third-order valence-corrected chi connectivity index (χ3v) is 3.06. The SMILES string of the molecule is Cc1nnc(SCc2ccc(F)cc2)[nH]c1=O. The minimum absolute atomic E-state index is 0.235. The van der Waals surface area contributed by atoms with Gasteiger partial charge in [-0.25, -0.2) is 4.39 Å². The Morgan fingerprint density at radius 2 is 2.00 bits per heavy atom. The smallest absolute Gasteiger partial charge is 0.273 e. The number of aryl methyl sites for hydroxylation is 1. The van der Waals surface area contributed by atoms with Gasteiger partial charge in [-0.2, -0.15) is 0 Å². The Morgan fingerprint density at radius 1 is 1.29 bits per heavy atom. The van der Waals surface area contributed by atoms with Crippen LogP contribution in [0.25, 0.3) is 0 Å². The second-order valence-electron chi connectivity index (χ2n) is 3.46. The van der Waals surface area contributed by atoms with Gasteiger partial charge in [-0.15, -0.1) is 10.2 Å². The van der Waals surface area contributed by atoms with Crippen LogP contribution in [0.5, 0.6) is 0 Å². The highest BCUT2D eigenvalue weighted by Crippen LogP contribution is 2.17. The van der Waals surface area contributed by atoms with Crippen LogP contribution in [0.1, 0.15) is 11.3 Å². The van der Waals surface area contributed by atoms with E-state index >= 15 is 0 Å². The van der Waals surface area contributed by atoms with E-state index < -0.39 is 0 Å². The molecule has 0 saturated carbocycles.